The fourth-order valence-corrected chi connectivity index (χ4v) is 6.08. The first-order chi connectivity index (χ1) is 15.8. The molecule has 160 valence electrons. The number of thiophene rings is 1. The summed E-state index contributed by atoms with van der Waals surface area (Å²) in [5.74, 6) is 0.135. The molecule has 1 aliphatic carbocycles. The van der Waals surface area contributed by atoms with Gasteiger partial charge in [-0.15, -0.1) is 22.7 Å². The number of carbonyl (C=O) groups is 1. The second-order valence-corrected chi connectivity index (χ2v) is 9.96. The van der Waals surface area contributed by atoms with Gasteiger partial charge in [0.1, 0.15) is 0 Å². The van der Waals surface area contributed by atoms with Crippen LogP contribution in [-0.2, 0) is 6.42 Å². The number of hydrogen-bond acceptors (Lipinski definition) is 6. The Morgan fingerprint density at radius 3 is 2.62 bits per heavy atom. The monoisotopic (exact) mass is 458 g/mol. The molecule has 4 heterocycles. The Bertz CT molecular complexity index is 1300. The maximum atomic E-state index is 13.8. The van der Waals surface area contributed by atoms with Crippen molar-refractivity contribution < 1.29 is 4.79 Å². The van der Waals surface area contributed by atoms with Gasteiger partial charge in [-0.25, -0.2) is 9.97 Å². The van der Waals surface area contributed by atoms with Crippen molar-refractivity contribution in [3.63, 3.8) is 0 Å². The molecule has 0 bridgehead atoms. The molecule has 1 aliphatic heterocycles. The lowest BCUT2D eigenvalue weighted by Crippen LogP contribution is -2.49. The zero-order valence-corrected chi connectivity index (χ0v) is 19.2. The van der Waals surface area contributed by atoms with E-state index in [9.17, 15) is 4.79 Å². The number of aromatic nitrogens is 2. The smallest absolute Gasteiger partial charge is 0.255 e. The van der Waals surface area contributed by atoms with Crippen LogP contribution in [0.25, 0.3) is 22.6 Å². The normalized spacial score (nSPS) is 17.3. The number of para-hydroxylation sites is 1. The van der Waals surface area contributed by atoms with E-state index in [1.165, 1.54) is 10.5 Å². The molecular formula is C25H22N4OS2. The van der Waals surface area contributed by atoms with Crippen molar-refractivity contribution in [2.24, 2.45) is 0 Å². The van der Waals surface area contributed by atoms with E-state index in [-0.39, 0.29) is 5.91 Å². The largest absolute Gasteiger partial charge is 0.345 e. The lowest BCUT2D eigenvalue weighted by molar-refractivity contribution is 0.0747. The molecule has 1 saturated heterocycles. The molecule has 0 atom stereocenters. The number of pyridine rings is 1. The zero-order valence-electron chi connectivity index (χ0n) is 17.5. The molecule has 2 aliphatic rings. The van der Waals surface area contributed by atoms with Gasteiger partial charge in [0.15, 0.2) is 5.13 Å². The number of amides is 1. The average molecular weight is 459 g/mol. The van der Waals surface area contributed by atoms with Gasteiger partial charge < -0.3 is 9.80 Å². The van der Waals surface area contributed by atoms with Crippen LogP contribution in [-0.4, -0.2) is 47.0 Å². The van der Waals surface area contributed by atoms with E-state index in [2.05, 4.69) is 33.5 Å². The molecule has 3 aromatic heterocycles. The number of rotatable bonds is 3. The van der Waals surface area contributed by atoms with Crippen molar-refractivity contribution in [2.45, 2.75) is 12.8 Å². The van der Waals surface area contributed by atoms with Crippen LogP contribution in [0.2, 0.25) is 0 Å². The molecule has 0 spiro atoms. The van der Waals surface area contributed by atoms with Crippen LogP contribution < -0.4 is 4.90 Å². The van der Waals surface area contributed by atoms with Crippen molar-refractivity contribution >= 4 is 56.3 Å². The minimum atomic E-state index is 0.135. The first kappa shape index (κ1) is 19.6. The molecular weight excluding hydrogens is 436 g/mol. The van der Waals surface area contributed by atoms with Crippen LogP contribution >= 0.6 is 22.7 Å². The van der Waals surface area contributed by atoms with Crippen molar-refractivity contribution in [3.05, 3.63) is 75.1 Å². The van der Waals surface area contributed by atoms with Crippen molar-refractivity contribution in [3.8, 4) is 0 Å². The van der Waals surface area contributed by atoms with Gasteiger partial charge in [-0.2, -0.15) is 0 Å². The van der Waals surface area contributed by atoms with E-state index < -0.39 is 0 Å². The number of hydrogen-bond donors (Lipinski definition) is 0. The molecule has 0 saturated carbocycles. The van der Waals surface area contributed by atoms with Gasteiger partial charge in [0.2, 0.25) is 0 Å². The Morgan fingerprint density at radius 2 is 1.84 bits per heavy atom. The highest BCUT2D eigenvalue weighted by atomic mass is 32.1. The summed E-state index contributed by atoms with van der Waals surface area (Å²) < 4.78 is 0. The third-order valence-electron chi connectivity index (χ3n) is 6.27. The Balaban J connectivity index is 1.37. The zero-order chi connectivity index (χ0) is 21.5. The fraction of sp³-hybridized carbons (Fsp3) is 0.240. The number of fused-ring (bicyclic) bond motifs is 2. The number of anilines is 1. The van der Waals surface area contributed by atoms with Crippen molar-refractivity contribution in [1.82, 2.24) is 14.9 Å². The predicted molar refractivity (Wildman–Crippen MR) is 132 cm³/mol. The van der Waals surface area contributed by atoms with E-state index in [1.54, 1.807) is 22.7 Å². The number of carbonyl (C=O) groups excluding carboxylic acids is 1. The summed E-state index contributed by atoms with van der Waals surface area (Å²) in [6.07, 6.45) is 5.86. The number of nitrogens with zero attached hydrogens (tertiary/aromatic N) is 4. The number of piperazine rings is 1. The molecule has 6 rings (SSSR count). The maximum absolute atomic E-state index is 13.8. The van der Waals surface area contributed by atoms with E-state index >= 15 is 0 Å². The molecule has 1 amide bonds. The van der Waals surface area contributed by atoms with Gasteiger partial charge in [-0.3, -0.25) is 4.79 Å². The lowest BCUT2D eigenvalue weighted by atomic mass is 9.99. The minimum absolute atomic E-state index is 0.135. The molecule has 5 nitrogen and oxygen atoms in total. The molecule has 0 radical (unpaired) electrons. The van der Waals surface area contributed by atoms with Crippen LogP contribution in [0.1, 0.15) is 32.9 Å². The number of benzene rings is 1. The molecule has 4 aromatic rings. The molecule has 1 aromatic carbocycles. The predicted octanol–water partition coefficient (Wildman–Crippen LogP) is 5.20. The van der Waals surface area contributed by atoms with Gasteiger partial charge in [0, 0.05) is 48.0 Å². The standard InChI is InChI=1S/C25H22N4OS2/c30-24(28-10-12-29(13-11-28)25-26-9-15-32-25)22-19-5-1-2-6-21(19)27-23-17(7-8-20(22)23)16-18-4-3-14-31-18/h1-6,9,14-16H,7-8,10-13H2/b17-16+. The minimum Gasteiger partial charge on any atom is -0.345 e. The van der Waals surface area contributed by atoms with Crippen LogP contribution in [0.5, 0.6) is 0 Å². The fourth-order valence-electron chi connectivity index (χ4n) is 4.70. The second kappa shape index (κ2) is 8.15. The van der Waals surface area contributed by atoms with E-state index in [0.717, 1.165) is 58.8 Å². The van der Waals surface area contributed by atoms with Crippen LogP contribution in [0.3, 0.4) is 0 Å². The quantitative estimate of drug-likeness (QED) is 0.423. The molecule has 1 fully saturated rings. The summed E-state index contributed by atoms with van der Waals surface area (Å²) in [7, 11) is 0. The van der Waals surface area contributed by atoms with Crippen LogP contribution in [0, 0.1) is 0 Å². The second-order valence-electron chi connectivity index (χ2n) is 8.11. The highest BCUT2D eigenvalue weighted by Gasteiger charge is 2.31. The number of thiazole rings is 1. The Labute approximate surface area is 194 Å². The SMILES string of the molecule is O=C(c1c2c(nc3ccccc13)/C(=C/c1cccs1)CC2)N1CCN(c2nccs2)CC1. The topological polar surface area (TPSA) is 49.3 Å². The van der Waals surface area contributed by atoms with Gasteiger partial charge >= 0.3 is 0 Å². The third kappa shape index (κ3) is 3.42. The molecule has 7 heteroatoms. The van der Waals surface area contributed by atoms with Crippen LogP contribution in [0.15, 0.2) is 53.4 Å². The Morgan fingerprint density at radius 1 is 0.969 bits per heavy atom. The van der Waals surface area contributed by atoms with Crippen LogP contribution in [0.4, 0.5) is 5.13 Å². The summed E-state index contributed by atoms with van der Waals surface area (Å²) in [6.45, 7) is 3.05. The molecule has 32 heavy (non-hydrogen) atoms. The van der Waals surface area contributed by atoms with E-state index in [4.69, 9.17) is 4.98 Å². The third-order valence-corrected chi connectivity index (χ3v) is 7.92. The summed E-state index contributed by atoms with van der Waals surface area (Å²) in [6, 6.07) is 12.3. The summed E-state index contributed by atoms with van der Waals surface area (Å²) in [5, 5.41) is 6.10. The average Bonchev–Trinajstić information content (AvgIpc) is 3.61. The Kier molecular flexibility index (Phi) is 5.00. The molecule has 0 N–H and O–H groups in total. The summed E-state index contributed by atoms with van der Waals surface area (Å²) in [4.78, 5) is 28.8. The number of allylic oxidation sites excluding steroid dienone is 1. The van der Waals surface area contributed by atoms with E-state index in [0.29, 0.717) is 13.1 Å². The first-order valence-corrected chi connectivity index (χ1v) is 12.6. The van der Waals surface area contributed by atoms with Crippen molar-refractivity contribution in [2.75, 3.05) is 31.1 Å². The highest BCUT2D eigenvalue weighted by molar-refractivity contribution is 7.13. The van der Waals surface area contributed by atoms with Gasteiger partial charge in [0.25, 0.3) is 5.91 Å². The summed E-state index contributed by atoms with van der Waals surface area (Å²) in [5.41, 5.74) is 5.09. The highest BCUT2D eigenvalue weighted by Crippen LogP contribution is 2.38. The van der Waals surface area contributed by atoms with E-state index in [1.807, 2.05) is 40.7 Å². The van der Waals surface area contributed by atoms with Gasteiger partial charge in [-0.1, -0.05) is 24.3 Å². The molecule has 0 unspecified atom stereocenters. The summed E-state index contributed by atoms with van der Waals surface area (Å²) >= 11 is 3.38. The van der Waals surface area contributed by atoms with Gasteiger partial charge in [-0.05, 0) is 47.6 Å². The first-order valence-electron chi connectivity index (χ1n) is 10.9. The maximum Gasteiger partial charge on any atom is 0.255 e. The van der Waals surface area contributed by atoms with Crippen molar-refractivity contribution in [1.29, 1.82) is 0 Å². The Hall–Kier alpha value is -3.03. The lowest BCUT2D eigenvalue weighted by Gasteiger charge is -2.35. The van der Waals surface area contributed by atoms with Gasteiger partial charge in [0.05, 0.1) is 16.8 Å².